The average Bonchev–Trinajstić information content (AvgIpc) is 2.82. The lowest BCUT2D eigenvalue weighted by Crippen LogP contribution is -2.42. The van der Waals surface area contributed by atoms with Crippen LogP contribution >= 0.6 is 11.8 Å². The molecule has 1 amide bonds. The highest BCUT2D eigenvalue weighted by Crippen LogP contribution is 2.30. The number of carbonyl (C=O) groups excluding carboxylic acids is 1. The fourth-order valence-corrected chi connectivity index (χ4v) is 3.88. The third-order valence-corrected chi connectivity index (χ3v) is 4.88. The third kappa shape index (κ3) is 2.72. The Morgan fingerprint density at radius 3 is 2.88 bits per heavy atom. The molecule has 1 aliphatic heterocycles. The van der Waals surface area contributed by atoms with Gasteiger partial charge in [0, 0.05) is 24.9 Å². The number of hydrogen-bond acceptors (Lipinski definition) is 3. The first-order valence-corrected chi connectivity index (χ1v) is 7.38. The first kappa shape index (κ1) is 12.2. The van der Waals surface area contributed by atoms with E-state index in [1.807, 2.05) is 11.9 Å². The molecule has 0 bridgehead atoms. The van der Waals surface area contributed by atoms with Crippen LogP contribution in [-0.2, 0) is 4.79 Å². The van der Waals surface area contributed by atoms with Crippen molar-refractivity contribution in [2.75, 3.05) is 19.3 Å². The van der Waals surface area contributed by atoms with Crippen molar-refractivity contribution in [1.82, 2.24) is 10.2 Å². The summed E-state index contributed by atoms with van der Waals surface area (Å²) in [4.78, 5) is 13.6. The molecule has 0 aromatic carbocycles. The lowest BCUT2D eigenvalue weighted by molar-refractivity contribution is -0.128. The van der Waals surface area contributed by atoms with E-state index in [1.165, 1.54) is 25.0 Å². The maximum absolute atomic E-state index is 11.8. The van der Waals surface area contributed by atoms with Crippen LogP contribution in [0.1, 0.15) is 32.6 Å². The quantitative estimate of drug-likeness (QED) is 0.810. The van der Waals surface area contributed by atoms with Crippen molar-refractivity contribution in [3.63, 3.8) is 0 Å². The Morgan fingerprint density at radius 1 is 1.44 bits per heavy atom. The fourth-order valence-electron chi connectivity index (χ4n) is 2.74. The van der Waals surface area contributed by atoms with Crippen molar-refractivity contribution in [2.24, 2.45) is 0 Å². The molecule has 1 heterocycles. The molecule has 3 atom stereocenters. The number of carbonyl (C=O) groups is 1. The van der Waals surface area contributed by atoms with Crippen LogP contribution in [0.2, 0.25) is 0 Å². The van der Waals surface area contributed by atoms with E-state index < -0.39 is 0 Å². The molecule has 3 unspecified atom stereocenters. The van der Waals surface area contributed by atoms with Crippen LogP contribution in [0.25, 0.3) is 0 Å². The van der Waals surface area contributed by atoms with Gasteiger partial charge in [-0.25, -0.2) is 0 Å². The number of thioether (sulfide) groups is 1. The zero-order valence-electron chi connectivity index (χ0n) is 10.2. The lowest BCUT2D eigenvalue weighted by atomic mass is 10.2. The van der Waals surface area contributed by atoms with E-state index >= 15 is 0 Å². The molecule has 1 saturated heterocycles. The van der Waals surface area contributed by atoms with Crippen LogP contribution in [0.3, 0.4) is 0 Å². The molecule has 1 saturated carbocycles. The molecule has 1 N–H and O–H groups in total. The Bertz CT molecular complexity index is 259. The Morgan fingerprint density at radius 2 is 2.25 bits per heavy atom. The summed E-state index contributed by atoms with van der Waals surface area (Å²) in [6, 6.07) is 0.671. The third-order valence-electron chi connectivity index (χ3n) is 3.65. The zero-order valence-corrected chi connectivity index (χ0v) is 11.1. The van der Waals surface area contributed by atoms with Crippen molar-refractivity contribution < 1.29 is 4.79 Å². The van der Waals surface area contributed by atoms with Crippen molar-refractivity contribution in [3.8, 4) is 0 Å². The Labute approximate surface area is 102 Å². The smallest absolute Gasteiger partial charge is 0.239 e. The van der Waals surface area contributed by atoms with Gasteiger partial charge in [-0.2, -0.15) is 11.8 Å². The van der Waals surface area contributed by atoms with Crippen molar-refractivity contribution in [3.05, 3.63) is 0 Å². The van der Waals surface area contributed by atoms with E-state index in [9.17, 15) is 4.79 Å². The average molecular weight is 242 g/mol. The van der Waals surface area contributed by atoms with Crippen molar-refractivity contribution in [1.29, 1.82) is 0 Å². The highest BCUT2D eigenvalue weighted by Gasteiger charge is 2.33. The van der Waals surface area contributed by atoms with Gasteiger partial charge in [0.15, 0.2) is 0 Å². The number of amides is 1. The van der Waals surface area contributed by atoms with Crippen LogP contribution in [0.5, 0.6) is 0 Å². The van der Waals surface area contributed by atoms with E-state index in [1.54, 1.807) is 0 Å². The van der Waals surface area contributed by atoms with Crippen LogP contribution in [0.15, 0.2) is 0 Å². The summed E-state index contributed by atoms with van der Waals surface area (Å²) in [5, 5.41) is 4.36. The van der Waals surface area contributed by atoms with E-state index in [-0.39, 0.29) is 11.9 Å². The van der Waals surface area contributed by atoms with E-state index in [4.69, 9.17) is 0 Å². The summed E-state index contributed by atoms with van der Waals surface area (Å²) in [5.74, 6) is 1.49. The number of nitrogens with zero attached hydrogens (tertiary/aromatic N) is 1. The molecular weight excluding hydrogens is 220 g/mol. The van der Waals surface area contributed by atoms with Gasteiger partial charge < -0.3 is 10.2 Å². The monoisotopic (exact) mass is 242 g/mol. The summed E-state index contributed by atoms with van der Waals surface area (Å²) in [7, 11) is 1.90. The number of likely N-dealkylation sites (N-methyl/N-ethyl adjacent to an activating group) is 1. The second kappa shape index (κ2) is 5.41. The minimum atomic E-state index is 0.0976. The number of nitrogens with one attached hydrogen (secondary N) is 1. The van der Waals surface area contributed by atoms with E-state index in [0.717, 1.165) is 18.2 Å². The predicted molar refractivity (Wildman–Crippen MR) is 68.7 cm³/mol. The van der Waals surface area contributed by atoms with Gasteiger partial charge >= 0.3 is 0 Å². The molecular formula is C12H22N2OS. The minimum absolute atomic E-state index is 0.0976. The van der Waals surface area contributed by atoms with Crippen molar-refractivity contribution in [2.45, 2.75) is 49.9 Å². The topological polar surface area (TPSA) is 32.3 Å². The molecule has 4 heteroatoms. The maximum atomic E-state index is 11.8. The van der Waals surface area contributed by atoms with Gasteiger partial charge in [0.2, 0.25) is 5.91 Å². The van der Waals surface area contributed by atoms with Gasteiger partial charge in [-0.15, -0.1) is 0 Å². The van der Waals surface area contributed by atoms with Gasteiger partial charge in [0.05, 0.1) is 6.04 Å². The molecule has 0 spiro atoms. The molecule has 2 aliphatic rings. The molecule has 3 nitrogen and oxygen atoms in total. The molecule has 0 aromatic rings. The molecule has 2 fully saturated rings. The second-order valence-corrected chi connectivity index (χ2v) is 6.43. The predicted octanol–water partition coefficient (Wildman–Crippen LogP) is 1.48. The van der Waals surface area contributed by atoms with Gasteiger partial charge in [0.1, 0.15) is 0 Å². The highest BCUT2D eigenvalue weighted by atomic mass is 32.2. The summed E-state index contributed by atoms with van der Waals surface area (Å²) < 4.78 is 0. The normalized spacial score (nSPS) is 35.0. The second-order valence-electron chi connectivity index (χ2n) is 4.86. The SMILES string of the molecule is CCSC1CCC(NC2CCN(C)C2=O)C1. The highest BCUT2D eigenvalue weighted by molar-refractivity contribution is 7.99. The molecule has 2 rings (SSSR count). The van der Waals surface area contributed by atoms with Gasteiger partial charge in [-0.05, 0) is 31.4 Å². The van der Waals surface area contributed by atoms with E-state index in [2.05, 4.69) is 24.0 Å². The number of likely N-dealkylation sites (tertiary alicyclic amines) is 1. The molecule has 0 radical (unpaired) electrons. The van der Waals surface area contributed by atoms with Crippen LogP contribution in [0.4, 0.5) is 0 Å². The molecule has 16 heavy (non-hydrogen) atoms. The van der Waals surface area contributed by atoms with Gasteiger partial charge in [0.25, 0.3) is 0 Å². The van der Waals surface area contributed by atoms with Crippen molar-refractivity contribution >= 4 is 17.7 Å². The standard InChI is InChI=1S/C12H22N2OS/c1-3-16-10-5-4-9(8-10)13-11-6-7-14(2)12(11)15/h9-11,13H,3-8H2,1-2H3. The van der Waals surface area contributed by atoms with Gasteiger partial charge in [-0.3, -0.25) is 4.79 Å². The number of hydrogen-bond donors (Lipinski definition) is 1. The summed E-state index contributed by atoms with van der Waals surface area (Å²) >= 11 is 2.07. The summed E-state index contributed by atoms with van der Waals surface area (Å²) in [5.41, 5.74) is 0. The zero-order chi connectivity index (χ0) is 11.5. The Hall–Kier alpha value is -0.220. The maximum Gasteiger partial charge on any atom is 0.239 e. The fraction of sp³-hybridized carbons (Fsp3) is 0.917. The number of rotatable bonds is 4. The first-order valence-electron chi connectivity index (χ1n) is 6.33. The first-order chi connectivity index (χ1) is 7.70. The van der Waals surface area contributed by atoms with Crippen LogP contribution < -0.4 is 5.32 Å². The van der Waals surface area contributed by atoms with Crippen LogP contribution in [0, 0.1) is 0 Å². The van der Waals surface area contributed by atoms with Gasteiger partial charge in [-0.1, -0.05) is 6.92 Å². The molecule has 1 aliphatic carbocycles. The van der Waals surface area contributed by atoms with E-state index in [0.29, 0.717) is 6.04 Å². The Balaban J connectivity index is 1.77. The summed E-state index contributed by atoms with van der Waals surface area (Å²) in [6.07, 6.45) is 4.78. The van der Waals surface area contributed by atoms with Crippen LogP contribution in [-0.4, -0.2) is 47.5 Å². The lowest BCUT2D eigenvalue weighted by Gasteiger charge is -2.17. The summed E-state index contributed by atoms with van der Waals surface area (Å²) in [6.45, 7) is 3.14. The minimum Gasteiger partial charge on any atom is -0.344 e. The molecule has 0 aromatic heterocycles. The molecule has 92 valence electrons. The largest absolute Gasteiger partial charge is 0.344 e. The Kier molecular flexibility index (Phi) is 4.14.